The van der Waals surface area contributed by atoms with Crippen molar-refractivity contribution in [2.24, 2.45) is 0 Å². The number of benzene rings is 1. The molecule has 26 heavy (non-hydrogen) atoms. The SMILES string of the molecule is CS(=O)(=O)c1ccccc1NC(=O)CN1C(=O)NC2(CCCCC2)C1=O. The smallest absolute Gasteiger partial charge is 0.323 e. The van der Waals surface area contributed by atoms with Gasteiger partial charge in [0.15, 0.2) is 9.84 Å². The van der Waals surface area contributed by atoms with Crippen molar-refractivity contribution < 1.29 is 22.8 Å². The lowest BCUT2D eigenvalue weighted by molar-refractivity contribution is -0.134. The van der Waals surface area contributed by atoms with Crippen LogP contribution in [0, 0.1) is 0 Å². The van der Waals surface area contributed by atoms with Crippen molar-refractivity contribution in [2.75, 3.05) is 18.1 Å². The minimum atomic E-state index is -3.52. The number of carbonyl (C=O) groups is 3. The third-order valence-corrected chi connectivity index (χ3v) is 5.97. The molecule has 0 radical (unpaired) electrons. The first-order chi connectivity index (χ1) is 12.2. The van der Waals surface area contributed by atoms with Crippen LogP contribution < -0.4 is 10.6 Å². The number of sulfone groups is 1. The normalized spacial score (nSPS) is 19.5. The molecule has 2 aliphatic rings. The lowest BCUT2D eigenvalue weighted by Crippen LogP contribution is -2.48. The van der Waals surface area contributed by atoms with Crippen molar-refractivity contribution in [3.63, 3.8) is 0 Å². The minimum Gasteiger partial charge on any atom is -0.323 e. The van der Waals surface area contributed by atoms with Crippen molar-refractivity contribution in [1.29, 1.82) is 0 Å². The summed E-state index contributed by atoms with van der Waals surface area (Å²) in [6, 6.07) is 5.41. The maximum atomic E-state index is 12.7. The van der Waals surface area contributed by atoms with Gasteiger partial charge in [-0.2, -0.15) is 0 Å². The number of hydrogen-bond donors (Lipinski definition) is 2. The number of rotatable bonds is 4. The number of amides is 4. The number of para-hydroxylation sites is 1. The lowest BCUT2D eigenvalue weighted by atomic mass is 9.82. The van der Waals surface area contributed by atoms with E-state index in [-0.39, 0.29) is 16.5 Å². The van der Waals surface area contributed by atoms with E-state index in [4.69, 9.17) is 0 Å². The summed E-state index contributed by atoms with van der Waals surface area (Å²) in [5, 5.41) is 5.22. The molecule has 2 fully saturated rings. The summed E-state index contributed by atoms with van der Waals surface area (Å²) in [6.45, 7) is -0.454. The number of imide groups is 1. The molecule has 1 aliphatic heterocycles. The summed E-state index contributed by atoms with van der Waals surface area (Å²) in [5.74, 6) is -1.01. The predicted molar refractivity (Wildman–Crippen MR) is 94.2 cm³/mol. The number of nitrogens with zero attached hydrogens (tertiary/aromatic N) is 1. The van der Waals surface area contributed by atoms with E-state index in [1.807, 2.05) is 0 Å². The van der Waals surface area contributed by atoms with Gasteiger partial charge in [0.1, 0.15) is 12.1 Å². The van der Waals surface area contributed by atoms with Gasteiger partial charge in [-0.3, -0.25) is 14.5 Å². The lowest BCUT2D eigenvalue weighted by Gasteiger charge is -2.30. The Kier molecular flexibility index (Phi) is 4.74. The van der Waals surface area contributed by atoms with Gasteiger partial charge < -0.3 is 10.6 Å². The Balaban J connectivity index is 1.73. The van der Waals surface area contributed by atoms with E-state index < -0.39 is 33.9 Å². The third-order valence-electron chi connectivity index (χ3n) is 4.82. The van der Waals surface area contributed by atoms with Gasteiger partial charge in [0.25, 0.3) is 5.91 Å². The molecule has 0 aromatic heterocycles. The van der Waals surface area contributed by atoms with Crippen molar-refractivity contribution in [1.82, 2.24) is 10.2 Å². The second kappa shape index (κ2) is 6.71. The number of urea groups is 1. The highest BCUT2D eigenvalue weighted by atomic mass is 32.2. The van der Waals surface area contributed by atoms with Gasteiger partial charge in [0.05, 0.1) is 10.6 Å². The van der Waals surface area contributed by atoms with Crippen LogP contribution in [-0.4, -0.2) is 49.5 Å². The Morgan fingerprint density at radius 3 is 2.50 bits per heavy atom. The Hall–Kier alpha value is -2.42. The summed E-state index contributed by atoms with van der Waals surface area (Å²) in [6.07, 6.45) is 4.93. The van der Waals surface area contributed by atoms with Gasteiger partial charge in [-0.15, -0.1) is 0 Å². The van der Waals surface area contributed by atoms with Crippen LogP contribution in [0.25, 0.3) is 0 Å². The quantitative estimate of drug-likeness (QED) is 0.766. The van der Waals surface area contributed by atoms with Crippen molar-refractivity contribution in [3.05, 3.63) is 24.3 Å². The first-order valence-corrected chi connectivity index (χ1v) is 10.4. The van der Waals surface area contributed by atoms with Gasteiger partial charge in [0.2, 0.25) is 5.91 Å². The fourth-order valence-electron chi connectivity index (χ4n) is 3.54. The zero-order chi connectivity index (χ0) is 18.9. The molecule has 140 valence electrons. The average Bonchev–Trinajstić information content (AvgIpc) is 2.79. The first-order valence-electron chi connectivity index (χ1n) is 8.46. The van der Waals surface area contributed by atoms with Crippen molar-refractivity contribution >= 4 is 33.4 Å². The molecule has 1 aromatic carbocycles. The molecule has 3 rings (SSSR count). The van der Waals surface area contributed by atoms with Crippen LogP contribution in [0.3, 0.4) is 0 Å². The Labute approximate surface area is 151 Å². The highest BCUT2D eigenvalue weighted by Crippen LogP contribution is 2.33. The number of nitrogens with one attached hydrogen (secondary N) is 2. The number of carbonyl (C=O) groups excluding carboxylic acids is 3. The van der Waals surface area contributed by atoms with Gasteiger partial charge in [-0.05, 0) is 25.0 Å². The van der Waals surface area contributed by atoms with E-state index in [0.29, 0.717) is 12.8 Å². The third kappa shape index (κ3) is 3.44. The van der Waals surface area contributed by atoms with Crippen LogP contribution in [0.5, 0.6) is 0 Å². The zero-order valence-electron chi connectivity index (χ0n) is 14.4. The van der Waals surface area contributed by atoms with Gasteiger partial charge in [-0.25, -0.2) is 13.2 Å². The molecule has 1 aliphatic carbocycles. The van der Waals surface area contributed by atoms with Gasteiger partial charge >= 0.3 is 6.03 Å². The first kappa shape index (κ1) is 18.4. The summed E-state index contributed by atoms with van der Waals surface area (Å²) < 4.78 is 23.6. The molecule has 1 saturated heterocycles. The minimum absolute atomic E-state index is 0.0192. The second-order valence-corrected chi connectivity index (χ2v) is 8.76. The number of hydrogen-bond acceptors (Lipinski definition) is 5. The van der Waals surface area contributed by atoms with Crippen LogP contribution in [0.15, 0.2) is 29.2 Å². The van der Waals surface area contributed by atoms with E-state index in [9.17, 15) is 22.8 Å². The van der Waals surface area contributed by atoms with Gasteiger partial charge in [-0.1, -0.05) is 31.4 Å². The summed E-state index contributed by atoms with van der Waals surface area (Å²) in [7, 11) is -3.52. The van der Waals surface area contributed by atoms with E-state index in [2.05, 4.69) is 10.6 Å². The molecule has 0 atom stereocenters. The predicted octanol–water partition coefficient (Wildman–Crippen LogP) is 1.28. The molecule has 4 amide bonds. The molecule has 1 spiro atoms. The van der Waals surface area contributed by atoms with Crippen LogP contribution in [-0.2, 0) is 19.4 Å². The summed E-state index contributed by atoms with van der Waals surface area (Å²) >= 11 is 0. The molecule has 0 bridgehead atoms. The molecule has 2 N–H and O–H groups in total. The molecule has 1 aromatic rings. The van der Waals surface area contributed by atoms with Crippen molar-refractivity contribution in [2.45, 2.75) is 42.5 Å². The fourth-order valence-corrected chi connectivity index (χ4v) is 4.38. The Morgan fingerprint density at radius 1 is 1.19 bits per heavy atom. The largest absolute Gasteiger partial charge is 0.325 e. The fraction of sp³-hybridized carbons (Fsp3) is 0.471. The molecule has 9 heteroatoms. The highest BCUT2D eigenvalue weighted by Gasteiger charge is 2.51. The maximum absolute atomic E-state index is 12.7. The number of anilines is 1. The van der Waals surface area contributed by atoms with Crippen molar-refractivity contribution in [3.8, 4) is 0 Å². The van der Waals surface area contributed by atoms with E-state index in [1.54, 1.807) is 12.1 Å². The molecular weight excluding hydrogens is 358 g/mol. The Morgan fingerprint density at radius 2 is 1.85 bits per heavy atom. The summed E-state index contributed by atoms with van der Waals surface area (Å²) in [4.78, 5) is 38.1. The zero-order valence-corrected chi connectivity index (χ0v) is 15.3. The molecular formula is C17H21N3O5S. The molecule has 8 nitrogen and oxygen atoms in total. The van der Waals surface area contributed by atoms with Crippen LogP contribution in [0.1, 0.15) is 32.1 Å². The molecule has 1 heterocycles. The standard InChI is InChI=1S/C17H21N3O5S/c1-26(24,25)13-8-4-3-7-12(13)18-14(21)11-20-15(22)17(19-16(20)23)9-5-2-6-10-17/h3-4,7-8H,2,5-6,9-11H2,1H3,(H,18,21)(H,19,23). The van der Waals surface area contributed by atoms with Crippen LogP contribution >= 0.6 is 0 Å². The van der Waals surface area contributed by atoms with Crippen LogP contribution in [0.2, 0.25) is 0 Å². The van der Waals surface area contributed by atoms with E-state index in [1.165, 1.54) is 12.1 Å². The molecule has 1 saturated carbocycles. The summed E-state index contributed by atoms with van der Waals surface area (Å²) in [5.41, 5.74) is -0.764. The average molecular weight is 379 g/mol. The topological polar surface area (TPSA) is 113 Å². The molecule has 0 unspecified atom stereocenters. The second-order valence-electron chi connectivity index (χ2n) is 6.78. The van der Waals surface area contributed by atoms with Gasteiger partial charge in [0, 0.05) is 6.26 Å². The van der Waals surface area contributed by atoms with E-state index in [0.717, 1.165) is 30.4 Å². The van der Waals surface area contributed by atoms with E-state index >= 15 is 0 Å². The highest BCUT2D eigenvalue weighted by molar-refractivity contribution is 7.90. The van der Waals surface area contributed by atoms with Crippen LogP contribution in [0.4, 0.5) is 10.5 Å². The Bertz CT molecular complexity index is 859. The maximum Gasteiger partial charge on any atom is 0.325 e. The monoisotopic (exact) mass is 379 g/mol.